The van der Waals surface area contributed by atoms with Gasteiger partial charge in [-0.3, -0.25) is 0 Å². The minimum Gasteiger partial charge on any atom is -0.478 e. The van der Waals surface area contributed by atoms with Crippen molar-refractivity contribution < 1.29 is 19.1 Å². The number of aryl methyl sites for hydroxylation is 1. The molecule has 5 nitrogen and oxygen atoms in total. The third kappa shape index (κ3) is 3.79. The molecular weight excluding hydrogens is 295 g/mol. The molecule has 1 aromatic carbocycles. The molecule has 0 aliphatic carbocycles. The number of carbonyl (C=O) groups excluding carboxylic acids is 1. The van der Waals surface area contributed by atoms with Crippen LogP contribution in [0.3, 0.4) is 0 Å². The van der Waals surface area contributed by atoms with Crippen LogP contribution in [0.5, 0.6) is 0 Å². The number of carboxylic acid groups (broad SMARTS) is 1. The number of anilines is 1. The Kier molecular flexibility index (Phi) is 4.54. The van der Waals surface area contributed by atoms with Gasteiger partial charge in [0.2, 0.25) is 0 Å². The molecule has 3 N–H and O–H groups in total. The van der Waals surface area contributed by atoms with Crippen LogP contribution in [0.2, 0.25) is 0 Å². The van der Waals surface area contributed by atoms with Crippen molar-refractivity contribution in [2.75, 3.05) is 5.32 Å². The van der Waals surface area contributed by atoms with Crippen LogP contribution in [-0.4, -0.2) is 17.1 Å². The lowest BCUT2D eigenvalue weighted by Gasteiger charge is -2.10. The van der Waals surface area contributed by atoms with Crippen molar-refractivity contribution in [1.82, 2.24) is 5.32 Å². The van der Waals surface area contributed by atoms with E-state index in [1.165, 1.54) is 11.3 Å². The summed E-state index contributed by atoms with van der Waals surface area (Å²) in [4.78, 5) is 23.8. The lowest BCUT2D eigenvalue weighted by molar-refractivity contribution is 0.0698. The topological polar surface area (TPSA) is 78.4 Å². The highest BCUT2D eigenvalue weighted by molar-refractivity contribution is 7.10. The molecule has 0 bridgehead atoms. The smallest absolute Gasteiger partial charge is 0.337 e. The highest BCUT2D eigenvalue weighted by Gasteiger charge is 2.13. The van der Waals surface area contributed by atoms with Gasteiger partial charge in [0.1, 0.15) is 5.82 Å². The standard InChI is InChI=1S/C14H13FN2O3S/c1-8-4-5-21-12(8)7-16-14(20)17-11-6-9(15)2-3-10(11)13(18)19/h2-6H,7H2,1H3,(H,18,19)(H2,16,17,20). The average Bonchev–Trinajstić information content (AvgIpc) is 2.81. The van der Waals surface area contributed by atoms with Gasteiger partial charge in [-0.15, -0.1) is 11.3 Å². The third-order valence-corrected chi connectivity index (χ3v) is 3.86. The van der Waals surface area contributed by atoms with Crippen LogP contribution in [0.4, 0.5) is 14.9 Å². The van der Waals surface area contributed by atoms with E-state index >= 15 is 0 Å². The first-order valence-electron chi connectivity index (χ1n) is 6.08. The van der Waals surface area contributed by atoms with Gasteiger partial charge >= 0.3 is 12.0 Å². The van der Waals surface area contributed by atoms with Crippen LogP contribution in [0, 0.1) is 12.7 Å². The van der Waals surface area contributed by atoms with Crippen molar-refractivity contribution in [2.24, 2.45) is 0 Å². The van der Waals surface area contributed by atoms with Crippen LogP contribution in [-0.2, 0) is 6.54 Å². The zero-order valence-corrected chi connectivity index (χ0v) is 12.0. The number of urea groups is 1. The molecule has 2 aromatic rings. The Hall–Kier alpha value is -2.41. The van der Waals surface area contributed by atoms with Gasteiger partial charge in [0, 0.05) is 4.88 Å². The molecule has 2 amide bonds. The summed E-state index contributed by atoms with van der Waals surface area (Å²) in [6.45, 7) is 2.26. The SMILES string of the molecule is Cc1ccsc1CNC(=O)Nc1cc(F)ccc1C(=O)O. The Morgan fingerprint density at radius 2 is 2.10 bits per heavy atom. The van der Waals surface area contributed by atoms with E-state index in [0.717, 1.165) is 28.6 Å². The van der Waals surface area contributed by atoms with E-state index in [9.17, 15) is 14.0 Å². The van der Waals surface area contributed by atoms with E-state index in [2.05, 4.69) is 10.6 Å². The Labute approximate surface area is 124 Å². The van der Waals surface area contributed by atoms with Gasteiger partial charge in [-0.25, -0.2) is 14.0 Å². The van der Waals surface area contributed by atoms with Crippen LogP contribution in [0.25, 0.3) is 0 Å². The van der Waals surface area contributed by atoms with Crippen molar-refractivity contribution >= 4 is 29.0 Å². The summed E-state index contributed by atoms with van der Waals surface area (Å²) < 4.78 is 13.2. The summed E-state index contributed by atoms with van der Waals surface area (Å²) >= 11 is 1.51. The predicted molar refractivity (Wildman–Crippen MR) is 78.3 cm³/mol. The van der Waals surface area contributed by atoms with E-state index in [1.807, 2.05) is 18.4 Å². The minimum absolute atomic E-state index is 0.0806. The Morgan fingerprint density at radius 3 is 2.71 bits per heavy atom. The lowest BCUT2D eigenvalue weighted by atomic mass is 10.2. The molecule has 110 valence electrons. The molecule has 2 rings (SSSR count). The largest absolute Gasteiger partial charge is 0.478 e. The van der Waals surface area contributed by atoms with E-state index in [-0.39, 0.29) is 11.3 Å². The molecule has 0 saturated heterocycles. The van der Waals surface area contributed by atoms with Crippen molar-refractivity contribution in [1.29, 1.82) is 0 Å². The highest BCUT2D eigenvalue weighted by Crippen LogP contribution is 2.18. The van der Waals surface area contributed by atoms with Crippen molar-refractivity contribution in [3.05, 3.63) is 51.5 Å². The number of carbonyl (C=O) groups is 2. The number of hydrogen-bond acceptors (Lipinski definition) is 3. The quantitative estimate of drug-likeness (QED) is 0.811. The molecular formula is C14H13FN2O3S. The number of nitrogens with one attached hydrogen (secondary N) is 2. The summed E-state index contributed by atoms with van der Waals surface area (Å²) in [5.74, 6) is -1.86. The number of amides is 2. The van der Waals surface area contributed by atoms with Crippen LogP contribution >= 0.6 is 11.3 Å². The second kappa shape index (κ2) is 6.36. The number of halogens is 1. The normalized spacial score (nSPS) is 10.2. The van der Waals surface area contributed by atoms with Gasteiger partial charge in [-0.05, 0) is 42.1 Å². The van der Waals surface area contributed by atoms with Crippen LogP contribution in [0.1, 0.15) is 20.8 Å². The number of benzene rings is 1. The molecule has 0 atom stereocenters. The fourth-order valence-corrected chi connectivity index (χ4v) is 2.56. The number of thiophene rings is 1. The maximum Gasteiger partial charge on any atom is 0.337 e. The maximum atomic E-state index is 13.2. The Bertz CT molecular complexity index is 685. The van der Waals surface area contributed by atoms with Crippen molar-refractivity contribution in [3.63, 3.8) is 0 Å². The molecule has 0 radical (unpaired) electrons. The number of rotatable bonds is 4. The lowest BCUT2D eigenvalue weighted by Crippen LogP contribution is -2.28. The maximum absolute atomic E-state index is 13.2. The molecule has 7 heteroatoms. The van der Waals surface area contributed by atoms with Gasteiger partial charge in [-0.2, -0.15) is 0 Å². The highest BCUT2D eigenvalue weighted by atomic mass is 32.1. The predicted octanol–water partition coefficient (Wildman–Crippen LogP) is 3.22. The summed E-state index contributed by atoms with van der Waals surface area (Å²) in [6, 6.07) is 4.46. The zero-order valence-electron chi connectivity index (χ0n) is 11.1. The van der Waals surface area contributed by atoms with Gasteiger partial charge in [0.25, 0.3) is 0 Å². The molecule has 1 heterocycles. The number of hydrogen-bond donors (Lipinski definition) is 3. The van der Waals surface area contributed by atoms with E-state index < -0.39 is 17.8 Å². The van der Waals surface area contributed by atoms with E-state index in [0.29, 0.717) is 6.54 Å². The minimum atomic E-state index is -1.24. The number of carboxylic acids is 1. The monoisotopic (exact) mass is 308 g/mol. The van der Waals surface area contributed by atoms with Crippen LogP contribution < -0.4 is 10.6 Å². The molecule has 0 unspecified atom stereocenters. The first-order valence-corrected chi connectivity index (χ1v) is 6.96. The summed E-state index contributed by atoms with van der Waals surface area (Å²) in [6.07, 6.45) is 0. The summed E-state index contributed by atoms with van der Waals surface area (Å²) in [7, 11) is 0. The molecule has 0 aliphatic heterocycles. The van der Waals surface area contributed by atoms with Crippen LogP contribution in [0.15, 0.2) is 29.6 Å². The molecule has 0 aliphatic rings. The molecule has 21 heavy (non-hydrogen) atoms. The fourth-order valence-electron chi connectivity index (χ4n) is 1.72. The molecule has 1 aromatic heterocycles. The first kappa shape index (κ1) is 15.0. The zero-order chi connectivity index (χ0) is 15.4. The summed E-state index contributed by atoms with van der Waals surface area (Å²) in [5.41, 5.74) is 0.819. The molecule has 0 spiro atoms. The second-order valence-electron chi connectivity index (χ2n) is 4.33. The van der Waals surface area contributed by atoms with Crippen molar-refractivity contribution in [3.8, 4) is 0 Å². The van der Waals surface area contributed by atoms with Gasteiger partial charge in [0.15, 0.2) is 0 Å². The number of aromatic carboxylic acids is 1. The fraction of sp³-hybridized carbons (Fsp3) is 0.143. The van der Waals surface area contributed by atoms with Gasteiger partial charge in [-0.1, -0.05) is 0 Å². The van der Waals surface area contributed by atoms with Crippen molar-refractivity contribution in [2.45, 2.75) is 13.5 Å². The first-order chi connectivity index (χ1) is 9.97. The van der Waals surface area contributed by atoms with Gasteiger partial charge in [0.05, 0.1) is 17.8 Å². The third-order valence-electron chi connectivity index (χ3n) is 2.84. The van der Waals surface area contributed by atoms with E-state index in [1.54, 1.807) is 0 Å². The Balaban J connectivity index is 2.04. The molecule has 0 saturated carbocycles. The second-order valence-corrected chi connectivity index (χ2v) is 5.33. The summed E-state index contributed by atoms with van der Waals surface area (Å²) in [5, 5.41) is 15.9. The molecule has 0 fully saturated rings. The van der Waals surface area contributed by atoms with E-state index in [4.69, 9.17) is 5.11 Å². The van der Waals surface area contributed by atoms with Gasteiger partial charge < -0.3 is 15.7 Å². The Morgan fingerprint density at radius 1 is 1.33 bits per heavy atom. The average molecular weight is 308 g/mol.